The molecule has 2 nitrogen and oxygen atoms in total. The predicted octanol–water partition coefficient (Wildman–Crippen LogP) is 9.25. The van der Waals surface area contributed by atoms with Crippen molar-refractivity contribution in [2.24, 2.45) is 5.92 Å². The van der Waals surface area contributed by atoms with Gasteiger partial charge in [-0.15, -0.1) is 0 Å². The summed E-state index contributed by atoms with van der Waals surface area (Å²) in [7, 11) is 0. The SMILES string of the molecule is Oc1ccc(-c2cccc3c2oc2ccccc23)c2c1-c1ccccc1C2(C1=CC=CCC#C1)C1C=CC=CC1. The van der Waals surface area contributed by atoms with E-state index in [4.69, 9.17) is 4.42 Å². The molecule has 3 aliphatic rings. The minimum absolute atomic E-state index is 0.113. The lowest BCUT2D eigenvalue weighted by atomic mass is 9.60. The van der Waals surface area contributed by atoms with Crippen molar-refractivity contribution < 1.29 is 9.52 Å². The molecular weight excluding hydrogens is 488 g/mol. The van der Waals surface area contributed by atoms with Crippen LogP contribution < -0.4 is 0 Å². The monoisotopic (exact) mass is 514 g/mol. The van der Waals surface area contributed by atoms with Crippen LogP contribution in [0.4, 0.5) is 0 Å². The van der Waals surface area contributed by atoms with Crippen molar-refractivity contribution in [1.29, 1.82) is 0 Å². The highest BCUT2D eigenvalue weighted by atomic mass is 16.3. The van der Waals surface area contributed by atoms with E-state index in [1.54, 1.807) is 0 Å². The average molecular weight is 515 g/mol. The summed E-state index contributed by atoms with van der Waals surface area (Å²) in [6.45, 7) is 0. The molecule has 0 saturated heterocycles. The molecule has 40 heavy (non-hydrogen) atoms. The first-order valence-electron chi connectivity index (χ1n) is 13.8. The molecular formula is C38H26O2. The van der Waals surface area contributed by atoms with Crippen LogP contribution in [0.5, 0.6) is 5.75 Å². The van der Waals surface area contributed by atoms with Gasteiger partial charge < -0.3 is 9.52 Å². The van der Waals surface area contributed by atoms with Crippen LogP contribution in [0.15, 0.2) is 131 Å². The predicted molar refractivity (Wildman–Crippen MR) is 163 cm³/mol. The number of hydrogen-bond acceptors (Lipinski definition) is 2. The van der Waals surface area contributed by atoms with Crippen LogP contribution >= 0.6 is 0 Å². The van der Waals surface area contributed by atoms with Crippen LogP contribution in [0, 0.1) is 17.8 Å². The van der Waals surface area contributed by atoms with Gasteiger partial charge in [0.2, 0.25) is 0 Å². The fourth-order valence-corrected chi connectivity index (χ4v) is 7.11. The molecule has 0 radical (unpaired) electrons. The first-order valence-corrected chi connectivity index (χ1v) is 13.8. The second kappa shape index (κ2) is 8.76. The summed E-state index contributed by atoms with van der Waals surface area (Å²) in [5, 5.41) is 13.7. The molecule has 0 bridgehead atoms. The lowest BCUT2D eigenvalue weighted by molar-refractivity contribution is 0.454. The van der Waals surface area contributed by atoms with E-state index in [2.05, 4.69) is 115 Å². The third kappa shape index (κ3) is 3.07. The summed E-state index contributed by atoms with van der Waals surface area (Å²) in [6.07, 6.45) is 16.9. The Kier molecular flexibility index (Phi) is 5.03. The van der Waals surface area contributed by atoms with Gasteiger partial charge in [0.25, 0.3) is 0 Å². The zero-order chi connectivity index (χ0) is 26.7. The fourth-order valence-electron chi connectivity index (χ4n) is 7.11. The molecule has 4 aromatic carbocycles. The molecule has 2 heteroatoms. The van der Waals surface area contributed by atoms with Gasteiger partial charge in [-0.25, -0.2) is 0 Å². The molecule has 0 fully saturated rings. The Bertz CT molecular complexity index is 2030. The van der Waals surface area contributed by atoms with Crippen molar-refractivity contribution in [3.05, 3.63) is 138 Å². The lowest BCUT2D eigenvalue weighted by Crippen LogP contribution is -2.36. The van der Waals surface area contributed by atoms with Crippen molar-refractivity contribution in [3.63, 3.8) is 0 Å². The summed E-state index contributed by atoms with van der Waals surface area (Å²) in [6, 6.07) is 27.0. The van der Waals surface area contributed by atoms with Gasteiger partial charge in [0.15, 0.2) is 0 Å². The van der Waals surface area contributed by atoms with Crippen LogP contribution in [0.2, 0.25) is 0 Å². The normalized spacial score (nSPS) is 20.6. The van der Waals surface area contributed by atoms with Crippen molar-refractivity contribution in [1.82, 2.24) is 0 Å². The lowest BCUT2D eigenvalue weighted by Gasteiger charge is -2.40. The summed E-state index contributed by atoms with van der Waals surface area (Å²) >= 11 is 0. The molecule has 0 spiro atoms. The van der Waals surface area contributed by atoms with Crippen molar-refractivity contribution in [2.45, 2.75) is 18.3 Å². The topological polar surface area (TPSA) is 33.4 Å². The first-order chi connectivity index (χ1) is 19.8. The van der Waals surface area contributed by atoms with Crippen molar-refractivity contribution in [2.75, 3.05) is 0 Å². The Balaban J connectivity index is 1.54. The molecule has 3 aliphatic carbocycles. The number of fused-ring (bicyclic) bond motifs is 6. The molecule has 5 aromatic rings. The number of furan rings is 1. The third-order valence-electron chi connectivity index (χ3n) is 8.70. The van der Waals surface area contributed by atoms with Gasteiger partial charge in [-0.2, -0.15) is 0 Å². The minimum Gasteiger partial charge on any atom is -0.507 e. The quantitative estimate of drug-likeness (QED) is 0.243. The molecule has 1 N–H and O–H groups in total. The molecule has 0 aliphatic heterocycles. The summed E-state index contributed by atoms with van der Waals surface area (Å²) in [4.78, 5) is 0. The van der Waals surface area contributed by atoms with E-state index in [9.17, 15) is 5.11 Å². The maximum Gasteiger partial charge on any atom is 0.143 e. The van der Waals surface area contributed by atoms with E-state index in [0.29, 0.717) is 0 Å². The zero-order valence-electron chi connectivity index (χ0n) is 21.9. The van der Waals surface area contributed by atoms with Crippen LogP contribution in [0.3, 0.4) is 0 Å². The Morgan fingerprint density at radius 3 is 2.55 bits per heavy atom. The highest BCUT2D eigenvalue weighted by molar-refractivity contribution is 6.10. The number of aromatic hydroxyl groups is 1. The maximum atomic E-state index is 11.5. The van der Waals surface area contributed by atoms with Crippen molar-refractivity contribution >= 4 is 21.9 Å². The maximum absolute atomic E-state index is 11.5. The van der Waals surface area contributed by atoms with Gasteiger partial charge >= 0.3 is 0 Å². The molecule has 2 atom stereocenters. The molecule has 1 heterocycles. The van der Waals surface area contributed by atoms with Gasteiger partial charge in [0, 0.05) is 33.9 Å². The second-order valence-corrected chi connectivity index (χ2v) is 10.7. The van der Waals surface area contributed by atoms with E-state index in [-0.39, 0.29) is 11.7 Å². The number of para-hydroxylation sites is 2. The van der Waals surface area contributed by atoms with E-state index >= 15 is 0 Å². The van der Waals surface area contributed by atoms with Gasteiger partial charge in [0.1, 0.15) is 16.9 Å². The van der Waals surface area contributed by atoms with Crippen LogP contribution in [0.25, 0.3) is 44.2 Å². The average Bonchev–Trinajstić information content (AvgIpc) is 3.40. The summed E-state index contributed by atoms with van der Waals surface area (Å²) in [5.74, 6) is 7.38. The third-order valence-corrected chi connectivity index (χ3v) is 8.70. The Morgan fingerprint density at radius 2 is 1.62 bits per heavy atom. The molecule has 190 valence electrons. The second-order valence-electron chi connectivity index (χ2n) is 10.7. The highest BCUT2D eigenvalue weighted by Gasteiger charge is 2.52. The molecule has 0 amide bonds. The zero-order valence-corrected chi connectivity index (χ0v) is 21.9. The van der Waals surface area contributed by atoms with Gasteiger partial charge in [-0.3, -0.25) is 0 Å². The van der Waals surface area contributed by atoms with Gasteiger partial charge in [-0.05, 0) is 52.8 Å². The number of benzene rings is 4. The minimum atomic E-state index is -0.586. The van der Waals surface area contributed by atoms with Crippen LogP contribution in [-0.4, -0.2) is 5.11 Å². The van der Waals surface area contributed by atoms with Crippen LogP contribution in [0.1, 0.15) is 24.0 Å². The molecule has 2 unspecified atom stereocenters. The first kappa shape index (κ1) is 22.9. The highest BCUT2D eigenvalue weighted by Crippen LogP contribution is 2.62. The number of phenolic OH excluding ortho intramolecular Hbond substituents is 1. The van der Waals surface area contributed by atoms with Gasteiger partial charge in [0.05, 0.1) is 5.41 Å². The smallest absolute Gasteiger partial charge is 0.143 e. The van der Waals surface area contributed by atoms with E-state index in [1.165, 1.54) is 5.56 Å². The standard InChI is InChI=1S/C38H26O2/c39-33-24-23-28(30-20-12-19-29-27-17-9-11-22-34(27)40-37(29)30)36-35(33)31-18-8-10-21-32(31)38(36,26-15-6-3-7-16-26)25-13-4-1-2-5-14-25/h1,3-4,6-13,15,17-24,26,39H,2,16H2. The Labute approximate surface area is 233 Å². The summed E-state index contributed by atoms with van der Waals surface area (Å²) in [5.41, 5.74) is 8.53. The number of hydrogen-bond donors (Lipinski definition) is 1. The number of allylic oxidation sites excluding steroid dienone is 8. The number of phenols is 1. The number of rotatable bonds is 3. The van der Waals surface area contributed by atoms with Crippen LogP contribution in [-0.2, 0) is 5.41 Å². The fraction of sp³-hybridized carbons (Fsp3) is 0.105. The molecule has 8 rings (SSSR count). The summed E-state index contributed by atoms with van der Waals surface area (Å²) < 4.78 is 6.54. The van der Waals surface area contributed by atoms with Gasteiger partial charge in [-0.1, -0.05) is 115 Å². The van der Waals surface area contributed by atoms with E-state index in [0.717, 1.165) is 68.2 Å². The van der Waals surface area contributed by atoms with Crippen molar-refractivity contribution in [3.8, 4) is 39.8 Å². The molecule has 0 saturated carbocycles. The largest absolute Gasteiger partial charge is 0.507 e. The van der Waals surface area contributed by atoms with E-state index in [1.807, 2.05) is 18.2 Å². The molecule has 1 aromatic heterocycles. The Morgan fingerprint density at radius 1 is 0.775 bits per heavy atom. The van der Waals surface area contributed by atoms with E-state index < -0.39 is 5.41 Å². The Hall–Kier alpha value is -5.00.